The van der Waals surface area contributed by atoms with Crippen LogP contribution in [0.3, 0.4) is 0 Å². The first kappa shape index (κ1) is 22.2. The Morgan fingerprint density at radius 1 is 0.971 bits per heavy atom. The summed E-state index contributed by atoms with van der Waals surface area (Å²) >= 11 is 0. The van der Waals surface area contributed by atoms with E-state index in [0.717, 1.165) is 6.26 Å². The lowest BCUT2D eigenvalue weighted by Gasteiger charge is -2.08. The van der Waals surface area contributed by atoms with Crippen molar-refractivity contribution in [2.24, 2.45) is 0 Å². The van der Waals surface area contributed by atoms with Crippen LogP contribution in [-0.4, -0.2) is 51.4 Å². The van der Waals surface area contributed by atoms with Crippen molar-refractivity contribution < 1.29 is 18.0 Å². The van der Waals surface area contributed by atoms with Crippen molar-refractivity contribution in [2.45, 2.75) is 11.8 Å². The van der Waals surface area contributed by atoms with E-state index in [4.69, 9.17) is 0 Å². The SMILES string of the molecule is Cc1nc(C(=O)Nc2nc3c(C(=O)Nc4ncc[nH]4)cccc3[nH]2)cc2ccc(S(C)(=O)=O)cc12. The van der Waals surface area contributed by atoms with Crippen molar-refractivity contribution in [3.05, 3.63) is 71.8 Å². The summed E-state index contributed by atoms with van der Waals surface area (Å²) in [5, 5.41) is 6.64. The fraction of sp³-hybridized carbons (Fsp3) is 0.0870. The number of amides is 2. The summed E-state index contributed by atoms with van der Waals surface area (Å²) in [6.07, 6.45) is 4.25. The van der Waals surface area contributed by atoms with E-state index in [-0.39, 0.29) is 16.5 Å². The van der Waals surface area contributed by atoms with Crippen LogP contribution in [0.25, 0.3) is 21.8 Å². The van der Waals surface area contributed by atoms with Gasteiger partial charge in [0.05, 0.1) is 16.0 Å². The summed E-state index contributed by atoms with van der Waals surface area (Å²) in [5.41, 5.74) is 1.89. The number of carbonyl (C=O) groups excluding carboxylic acids is 2. The summed E-state index contributed by atoms with van der Waals surface area (Å²) in [5.74, 6) is -0.467. The number of hydrogen-bond donors (Lipinski definition) is 4. The number of para-hydroxylation sites is 1. The number of nitrogens with zero attached hydrogens (tertiary/aromatic N) is 3. The Bertz CT molecular complexity index is 1720. The van der Waals surface area contributed by atoms with Gasteiger partial charge in [-0.15, -0.1) is 0 Å². The van der Waals surface area contributed by atoms with E-state index in [1.54, 1.807) is 49.5 Å². The molecule has 0 saturated heterocycles. The van der Waals surface area contributed by atoms with Gasteiger partial charge in [0.15, 0.2) is 9.84 Å². The number of rotatable bonds is 5. The molecule has 5 aromatic rings. The van der Waals surface area contributed by atoms with Gasteiger partial charge in [-0.1, -0.05) is 12.1 Å². The molecule has 4 N–H and O–H groups in total. The molecule has 0 bridgehead atoms. The molecular formula is C23H19N7O4S. The molecule has 0 aliphatic heterocycles. The van der Waals surface area contributed by atoms with Crippen LogP contribution in [0.5, 0.6) is 0 Å². The van der Waals surface area contributed by atoms with Crippen LogP contribution in [0, 0.1) is 6.92 Å². The van der Waals surface area contributed by atoms with Gasteiger partial charge in [-0.2, -0.15) is 0 Å². The van der Waals surface area contributed by atoms with E-state index in [1.807, 2.05) is 0 Å². The van der Waals surface area contributed by atoms with Gasteiger partial charge in [0, 0.05) is 29.7 Å². The van der Waals surface area contributed by atoms with Crippen LogP contribution < -0.4 is 10.6 Å². The summed E-state index contributed by atoms with van der Waals surface area (Å²) in [6, 6.07) is 11.3. The number of anilines is 2. The van der Waals surface area contributed by atoms with Gasteiger partial charge in [0.2, 0.25) is 11.9 Å². The number of pyridine rings is 1. The number of hydrogen-bond acceptors (Lipinski definition) is 7. The van der Waals surface area contributed by atoms with Crippen LogP contribution in [0.15, 0.2) is 59.8 Å². The first-order chi connectivity index (χ1) is 16.7. The van der Waals surface area contributed by atoms with Crippen LogP contribution >= 0.6 is 0 Å². The maximum Gasteiger partial charge on any atom is 0.276 e. The highest BCUT2D eigenvalue weighted by atomic mass is 32.2. The lowest BCUT2D eigenvalue weighted by atomic mass is 10.1. The molecule has 0 aliphatic rings. The molecule has 0 spiro atoms. The Morgan fingerprint density at radius 3 is 2.51 bits per heavy atom. The highest BCUT2D eigenvalue weighted by Gasteiger charge is 2.18. The molecule has 11 nitrogen and oxygen atoms in total. The molecule has 0 atom stereocenters. The van der Waals surface area contributed by atoms with Crippen molar-refractivity contribution in [3.63, 3.8) is 0 Å². The van der Waals surface area contributed by atoms with Gasteiger partial charge in [-0.05, 0) is 42.6 Å². The first-order valence-corrected chi connectivity index (χ1v) is 12.3. The number of sulfone groups is 1. The first-order valence-electron chi connectivity index (χ1n) is 10.4. The highest BCUT2D eigenvalue weighted by molar-refractivity contribution is 7.90. The Hall–Kier alpha value is -4.58. The van der Waals surface area contributed by atoms with Gasteiger partial charge >= 0.3 is 0 Å². The zero-order valence-corrected chi connectivity index (χ0v) is 19.4. The molecule has 3 aromatic heterocycles. The minimum absolute atomic E-state index is 0.137. The number of nitrogens with one attached hydrogen (secondary N) is 4. The van der Waals surface area contributed by atoms with E-state index in [9.17, 15) is 18.0 Å². The number of carbonyl (C=O) groups is 2. The molecule has 2 aromatic carbocycles. The van der Waals surface area contributed by atoms with Crippen LogP contribution in [0.2, 0.25) is 0 Å². The number of imidazole rings is 2. The molecule has 2 amide bonds. The van der Waals surface area contributed by atoms with Gasteiger partial charge < -0.3 is 9.97 Å². The molecule has 35 heavy (non-hydrogen) atoms. The van der Waals surface area contributed by atoms with Gasteiger partial charge in [-0.25, -0.2) is 23.4 Å². The maximum absolute atomic E-state index is 12.9. The third-order valence-corrected chi connectivity index (χ3v) is 6.49. The molecule has 12 heteroatoms. The summed E-state index contributed by atoms with van der Waals surface area (Å²) in [7, 11) is -3.37. The second-order valence-electron chi connectivity index (χ2n) is 7.88. The highest BCUT2D eigenvalue weighted by Crippen LogP contribution is 2.24. The van der Waals surface area contributed by atoms with Gasteiger partial charge in [0.25, 0.3) is 11.8 Å². The fourth-order valence-corrected chi connectivity index (χ4v) is 4.34. The summed E-state index contributed by atoms with van der Waals surface area (Å²) in [6.45, 7) is 1.70. The predicted molar refractivity (Wildman–Crippen MR) is 130 cm³/mol. The molecule has 0 aliphatic carbocycles. The van der Waals surface area contributed by atoms with E-state index in [1.165, 1.54) is 12.3 Å². The molecule has 0 unspecified atom stereocenters. The van der Waals surface area contributed by atoms with E-state index in [0.29, 0.717) is 39.0 Å². The largest absolute Gasteiger partial charge is 0.331 e. The van der Waals surface area contributed by atoms with Crippen LogP contribution in [-0.2, 0) is 9.84 Å². The smallest absolute Gasteiger partial charge is 0.276 e. The average Bonchev–Trinajstić information content (AvgIpc) is 3.47. The number of H-pyrrole nitrogens is 2. The third-order valence-electron chi connectivity index (χ3n) is 5.38. The second kappa shape index (κ2) is 8.33. The minimum atomic E-state index is -3.37. The number of aromatic amines is 2. The fourth-order valence-electron chi connectivity index (χ4n) is 3.70. The lowest BCUT2D eigenvalue weighted by molar-refractivity contribution is 0.101. The number of aromatic nitrogens is 5. The van der Waals surface area contributed by atoms with Crippen molar-refractivity contribution >= 4 is 55.4 Å². The Labute approximate surface area is 198 Å². The predicted octanol–water partition coefficient (Wildman–Crippen LogP) is 3.05. The molecule has 0 radical (unpaired) electrons. The summed E-state index contributed by atoms with van der Waals surface area (Å²) in [4.78, 5) is 44.2. The number of fused-ring (bicyclic) bond motifs is 2. The minimum Gasteiger partial charge on any atom is -0.331 e. The molecule has 3 heterocycles. The van der Waals surface area contributed by atoms with E-state index in [2.05, 4.69) is 35.6 Å². The van der Waals surface area contributed by atoms with Gasteiger partial charge in [-0.3, -0.25) is 20.2 Å². The van der Waals surface area contributed by atoms with Gasteiger partial charge in [0.1, 0.15) is 11.2 Å². The number of aryl methyl sites for hydroxylation is 1. The normalized spacial score (nSPS) is 11.6. The molecular weight excluding hydrogens is 470 g/mol. The molecule has 0 saturated carbocycles. The van der Waals surface area contributed by atoms with E-state index < -0.39 is 21.7 Å². The van der Waals surface area contributed by atoms with Crippen molar-refractivity contribution in [1.29, 1.82) is 0 Å². The second-order valence-corrected chi connectivity index (χ2v) is 9.90. The van der Waals surface area contributed by atoms with Crippen molar-refractivity contribution in [3.8, 4) is 0 Å². The standard InChI is InChI=1S/C23H19N7O4S/c1-12-16-11-14(35(2,33)34)7-6-13(16)10-18(26-12)21(32)30-23-27-17-5-3-4-15(19(17)28-23)20(31)29-22-24-8-9-25-22/h3-11H,1-2H3,(H2,24,25,29,31)(H2,27,28,30,32). The zero-order valence-electron chi connectivity index (χ0n) is 18.6. The Balaban J connectivity index is 1.43. The Kier molecular flexibility index (Phi) is 5.29. The topological polar surface area (TPSA) is 163 Å². The molecule has 176 valence electrons. The average molecular weight is 490 g/mol. The molecule has 0 fully saturated rings. The monoisotopic (exact) mass is 489 g/mol. The third kappa shape index (κ3) is 4.34. The zero-order chi connectivity index (χ0) is 24.7. The molecule has 5 rings (SSSR count). The van der Waals surface area contributed by atoms with Crippen LogP contribution in [0.4, 0.5) is 11.9 Å². The maximum atomic E-state index is 12.9. The van der Waals surface area contributed by atoms with E-state index >= 15 is 0 Å². The van der Waals surface area contributed by atoms with Crippen molar-refractivity contribution in [2.75, 3.05) is 16.9 Å². The van der Waals surface area contributed by atoms with Crippen LogP contribution in [0.1, 0.15) is 26.5 Å². The van der Waals surface area contributed by atoms with Crippen molar-refractivity contribution in [1.82, 2.24) is 24.9 Å². The lowest BCUT2D eigenvalue weighted by Crippen LogP contribution is -2.15. The Morgan fingerprint density at radius 2 is 1.77 bits per heavy atom. The summed E-state index contributed by atoms with van der Waals surface area (Å²) < 4.78 is 23.7. The number of benzene rings is 2. The quantitative estimate of drug-likeness (QED) is 0.295.